The molecule has 0 heterocycles. The quantitative estimate of drug-likeness (QED) is 0.555. The normalized spacial score (nSPS) is 10.4. The van der Waals surface area contributed by atoms with Gasteiger partial charge in [-0.1, -0.05) is 33.1 Å². The molecular formula is C13H29NO2. The molecule has 0 bridgehead atoms. The Morgan fingerprint density at radius 1 is 1.06 bits per heavy atom. The molecule has 0 aliphatic rings. The van der Waals surface area contributed by atoms with Crippen LogP contribution in [0.15, 0.2) is 0 Å². The van der Waals surface area contributed by atoms with Gasteiger partial charge in [-0.05, 0) is 19.3 Å². The Balaban J connectivity index is 0. The molecule has 0 aromatic carbocycles. The summed E-state index contributed by atoms with van der Waals surface area (Å²) in [7, 11) is 0. The summed E-state index contributed by atoms with van der Waals surface area (Å²) >= 11 is 0. The van der Waals surface area contributed by atoms with E-state index in [0.29, 0.717) is 6.42 Å². The lowest BCUT2D eigenvalue weighted by Crippen LogP contribution is -2.23. The van der Waals surface area contributed by atoms with Crippen LogP contribution in [0.1, 0.15) is 60.2 Å². The van der Waals surface area contributed by atoms with Crippen molar-refractivity contribution in [2.75, 3.05) is 19.8 Å². The number of unbranched alkanes of at least 4 members (excludes halogenated alkanes) is 4. The van der Waals surface area contributed by atoms with Crippen molar-refractivity contribution in [2.24, 2.45) is 0 Å². The van der Waals surface area contributed by atoms with Gasteiger partial charge in [-0.3, -0.25) is 4.79 Å². The molecule has 0 rings (SSSR count). The van der Waals surface area contributed by atoms with Gasteiger partial charge in [-0.15, -0.1) is 0 Å². The maximum absolute atomic E-state index is 10.9. The topological polar surface area (TPSA) is 38.3 Å². The van der Waals surface area contributed by atoms with Gasteiger partial charge in [0.15, 0.2) is 0 Å². The van der Waals surface area contributed by atoms with Crippen molar-refractivity contribution in [1.82, 2.24) is 5.32 Å². The number of hydrogen-bond acceptors (Lipinski definition) is 2. The maximum Gasteiger partial charge on any atom is 0.219 e. The predicted molar refractivity (Wildman–Crippen MR) is 69.6 cm³/mol. The van der Waals surface area contributed by atoms with Gasteiger partial charge in [0.2, 0.25) is 5.91 Å². The van der Waals surface area contributed by atoms with E-state index >= 15 is 0 Å². The third-order valence-corrected chi connectivity index (χ3v) is 2.50. The Bertz CT molecular complexity index is 165. The Hall–Kier alpha value is -0.570. The summed E-state index contributed by atoms with van der Waals surface area (Å²) in [5.74, 6) is 0.139. The van der Waals surface area contributed by atoms with Crippen LogP contribution < -0.4 is 5.32 Å². The van der Waals surface area contributed by atoms with Crippen molar-refractivity contribution in [3.8, 4) is 0 Å². The first kappa shape index (κ1) is 15.4. The molecular weight excluding hydrogens is 202 g/mol. The minimum atomic E-state index is 0. The lowest BCUT2D eigenvalue weighted by atomic mass is 10.2. The predicted octanol–water partition coefficient (Wildman–Crippen LogP) is 3.14. The van der Waals surface area contributed by atoms with E-state index in [-0.39, 0.29) is 7.33 Å². The monoisotopic (exact) mass is 231 g/mol. The molecule has 16 heavy (non-hydrogen) atoms. The van der Waals surface area contributed by atoms with Gasteiger partial charge >= 0.3 is 0 Å². The Kier molecular flexibility index (Phi) is 12.1. The van der Waals surface area contributed by atoms with E-state index in [9.17, 15) is 4.79 Å². The van der Waals surface area contributed by atoms with Crippen LogP contribution in [0.4, 0.5) is 0 Å². The molecule has 0 radical (unpaired) electrons. The Labute approximate surface area is 101 Å². The van der Waals surface area contributed by atoms with Gasteiger partial charge in [-0.25, -0.2) is 0 Å². The molecule has 1 N–H and O–H groups in total. The SMILES string of the molecule is CCCCCCOCCCCNC(=O)CC.[HH]. The van der Waals surface area contributed by atoms with E-state index in [1.165, 1.54) is 25.7 Å². The summed E-state index contributed by atoms with van der Waals surface area (Å²) in [5.41, 5.74) is 0. The molecule has 98 valence electrons. The van der Waals surface area contributed by atoms with Crippen LogP contribution in [0, 0.1) is 0 Å². The highest BCUT2D eigenvalue weighted by Gasteiger charge is 1.95. The van der Waals surface area contributed by atoms with Crippen molar-refractivity contribution in [3.63, 3.8) is 0 Å². The van der Waals surface area contributed by atoms with Gasteiger partial charge in [0, 0.05) is 27.6 Å². The zero-order valence-electron chi connectivity index (χ0n) is 10.9. The van der Waals surface area contributed by atoms with Crippen LogP contribution in [0.5, 0.6) is 0 Å². The lowest BCUT2D eigenvalue weighted by Gasteiger charge is -2.05. The van der Waals surface area contributed by atoms with Gasteiger partial charge in [0.1, 0.15) is 0 Å². The van der Waals surface area contributed by atoms with E-state index in [1.807, 2.05) is 6.92 Å². The maximum atomic E-state index is 10.9. The third kappa shape index (κ3) is 11.5. The minimum absolute atomic E-state index is 0. The number of hydrogen-bond donors (Lipinski definition) is 1. The van der Waals surface area contributed by atoms with Crippen molar-refractivity contribution >= 4 is 5.91 Å². The summed E-state index contributed by atoms with van der Waals surface area (Å²) in [6.07, 6.45) is 7.68. The second kappa shape index (κ2) is 12.5. The Morgan fingerprint density at radius 3 is 2.38 bits per heavy atom. The molecule has 3 heteroatoms. The molecule has 0 aromatic rings. The zero-order chi connectivity index (χ0) is 12.1. The van der Waals surface area contributed by atoms with Gasteiger partial charge in [0.05, 0.1) is 0 Å². The van der Waals surface area contributed by atoms with E-state index in [0.717, 1.165) is 32.6 Å². The van der Waals surface area contributed by atoms with E-state index in [2.05, 4.69) is 12.2 Å². The van der Waals surface area contributed by atoms with Crippen molar-refractivity contribution in [1.29, 1.82) is 0 Å². The van der Waals surface area contributed by atoms with Crippen molar-refractivity contribution in [2.45, 2.75) is 58.8 Å². The summed E-state index contributed by atoms with van der Waals surface area (Å²) in [4.78, 5) is 10.9. The highest BCUT2D eigenvalue weighted by atomic mass is 16.5. The number of ether oxygens (including phenoxy) is 1. The fourth-order valence-corrected chi connectivity index (χ4v) is 1.41. The largest absolute Gasteiger partial charge is 0.381 e. The highest BCUT2D eigenvalue weighted by Crippen LogP contribution is 1.99. The van der Waals surface area contributed by atoms with Crippen LogP contribution in [-0.2, 0) is 9.53 Å². The minimum Gasteiger partial charge on any atom is -0.381 e. The zero-order valence-corrected chi connectivity index (χ0v) is 10.9. The van der Waals surface area contributed by atoms with Gasteiger partial charge < -0.3 is 10.1 Å². The molecule has 1 amide bonds. The molecule has 0 spiro atoms. The van der Waals surface area contributed by atoms with Crippen molar-refractivity contribution in [3.05, 3.63) is 0 Å². The second-order valence-corrected chi connectivity index (χ2v) is 4.08. The van der Waals surface area contributed by atoms with Gasteiger partial charge in [0.25, 0.3) is 0 Å². The van der Waals surface area contributed by atoms with E-state index < -0.39 is 0 Å². The summed E-state index contributed by atoms with van der Waals surface area (Å²) < 4.78 is 5.50. The molecule has 0 saturated carbocycles. The summed E-state index contributed by atoms with van der Waals surface area (Å²) in [5, 5.41) is 2.86. The number of nitrogens with one attached hydrogen (secondary N) is 1. The second-order valence-electron chi connectivity index (χ2n) is 4.08. The highest BCUT2D eigenvalue weighted by molar-refractivity contribution is 5.75. The molecule has 0 fully saturated rings. The Morgan fingerprint density at radius 2 is 1.75 bits per heavy atom. The fraction of sp³-hybridized carbons (Fsp3) is 0.923. The van der Waals surface area contributed by atoms with Crippen molar-refractivity contribution < 1.29 is 11.0 Å². The van der Waals surface area contributed by atoms with Crippen LogP contribution in [0.3, 0.4) is 0 Å². The summed E-state index contributed by atoms with van der Waals surface area (Å²) in [6, 6.07) is 0. The first-order valence-electron chi connectivity index (χ1n) is 6.65. The van der Waals surface area contributed by atoms with E-state index in [4.69, 9.17) is 4.74 Å². The number of carbonyl (C=O) groups excluding carboxylic acids is 1. The average molecular weight is 231 g/mol. The molecule has 0 aliphatic heterocycles. The molecule has 3 nitrogen and oxygen atoms in total. The fourth-order valence-electron chi connectivity index (χ4n) is 1.41. The lowest BCUT2D eigenvalue weighted by molar-refractivity contribution is -0.120. The van der Waals surface area contributed by atoms with Gasteiger partial charge in [-0.2, -0.15) is 0 Å². The number of carbonyl (C=O) groups is 1. The smallest absolute Gasteiger partial charge is 0.219 e. The third-order valence-electron chi connectivity index (χ3n) is 2.50. The molecule has 0 atom stereocenters. The molecule has 0 aliphatic carbocycles. The first-order valence-corrected chi connectivity index (χ1v) is 6.65. The standard InChI is InChI=1S/C13H27NO2.H2/c1-3-5-6-8-11-16-12-9-7-10-14-13(15)4-2;/h3-12H2,1-2H3,(H,14,15);1H. The first-order chi connectivity index (χ1) is 7.81. The molecule has 0 aromatic heterocycles. The number of amides is 1. The van der Waals surface area contributed by atoms with Crippen LogP contribution in [0.25, 0.3) is 0 Å². The average Bonchev–Trinajstić information content (AvgIpc) is 2.31. The van der Waals surface area contributed by atoms with Crippen LogP contribution in [0.2, 0.25) is 0 Å². The van der Waals surface area contributed by atoms with Crippen LogP contribution in [-0.4, -0.2) is 25.7 Å². The molecule has 0 saturated heterocycles. The summed E-state index contributed by atoms with van der Waals surface area (Å²) in [6.45, 7) is 6.58. The molecule has 0 unspecified atom stereocenters. The van der Waals surface area contributed by atoms with E-state index in [1.54, 1.807) is 0 Å². The number of rotatable bonds is 11. The van der Waals surface area contributed by atoms with Crippen LogP contribution >= 0.6 is 0 Å².